The van der Waals surface area contributed by atoms with E-state index in [4.69, 9.17) is 14.3 Å². The Hall–Kier alpha value is -3.13. The number of likely N-dealkylation sites (tertiary alicyclic amines) is 1. The highest BCUT2D eigenvalue weighted by Crippen LogP contribution is 2.29. The summed E-state index contributed by atoms with van der Waals surface area (Å²) in [5.41, 5.74) is 3.41. The summed E-state index contributed by atoms with van der Waals surface area (Å²) in [7, 11) is 0. The van der Waals surface area contributed by atoms with Crippen molar-refractivity contribution < 1.29 is 19.1 Å². The molecule has 3 N–H and O–H groups in total. The van der Waals surface area contributed by atoms with Gasteiger partial charge < -0.3 is 19.7 Å². The smallest absolute Gasteiger partial charge is 0.290 e. The number of carboxylic acid groups (broad SMARTS) is 1. The summed E-state index contributed by atoms with van der Waals surface area (Å²) in [5, 5.41) is 18.4. The Balaban J connectivity index is 0.000000527. The van der Waals surface area contributed by atoms with Gasteiger partial charge in [0, 0.05) is 36.1 Å². The van der Waals surface area contributed by atoms with Crippen molar-refractivity contribution in [2.24, 2.45) is 0 Å². The monoisotopic (exact) mass is 354 g/mol. The number of nitrogens with zero attached hydrogens (tertiary/aromatic N) is 2. The first-order valence-corrected chi connectivity index (χ1v) is 8.34. The van der Waals surface area contributed by atoms with Gasteiger partial charge in [0.15, 0.2) is 5.69 Å². The van der Waals surface area contributed by atoms with Crippen LogP contribution in [0, 0.1) is 0 Å². The predicted octanol–water partition coefficient (Wildman–Crippen LogP) is 1.71. The van der Waals surface area contributed by atoms with Crippen molar-refractivity contribution in [3.8, 4) is 11.1 Å². The molecule has 2 fully saturated rings. The molecule has 2 aromatic heterocycles. The normalized spacial score (nSPS) is 20.8. The summed E-state index contributed by atoms with van der Waals surface area (Å²) >= 11 is 0. The minimum atomic E-state index is -0.250. The van der Waals surface area contributed by atoms with Crippen LogP contribution in [0.3, 0.4) is 0 Å². The Morgan fingerprint density at radius 1 is 1.35 bits per heavy atom. The van der Waals surface area contributed by atoms with Gasteiger partial charge in [-0.3, -0.25) is 14.7 Å². The summed E-state index contributed by atoms with van der Waals surface area (Å²) in [6, 6.07) is 8.62. The lowest BCUT2D eigenvalue weighted by Crippen LogP contribution is -2.46. The fraction of sp³-hybridized carbons (Fsp3) is 0.278. The van der Waals surface area contributed by atoms with Gasteiger partial charge in [0.25, 0.3) is 12.4 Å². The van der Waals surface area contributed by atoms with E-state index < -0.39 is 0 Å². The second-order valence-corrected chi connectivity index (χ2v) is 6.40. The number of carbonyl (C=O) groups is 2. The van der Waals surface area contributed by atoms with Crippen LogP contribution >= 0.6 is 0 Å². The number of amides is 1. The maximum absolute atomic E-state index is 12.9. The van der Waals surface area contributed by atoms with Gasteiger partial charge in [0.1, 0.15) is 0 Å². The van der Waals surface area contributed by atoms with E-state index in [-0.39, 0.29) is 12.4 Å². The van der Waals surface area contributed by atoms with Crippen molar-refractivity contribution in [3.05, 3.63) is 42.5 Å². The van der Waals surface area contributed by atoms with Crippen LogP contribution in [0.15, 0.2) is 41.2 Å². The lowest BCUT2D eigenvalue weighted by atomic mass is 10.1. The van der Waals surface area contributed by atoms with Gasteiger partial charge in [-0.1, -0.05) is 6.07 Å². The number of aromatic nitrogens is 2. The van der Waals surface area contributed by atoms with Crippen LogP contribution in [0.5, 0.6) is 0 Å². The molecule has 8 nitrogen and oxygen atoms in total. The minimum Gasteiger partial charge on any atom is -0.483 e. The largest absolute Gasteiger partial charge is 0.483 e. The molecule has 2 atom stereocenters. The molecule has 8 heteroatoms. The van der Waals surface area contributed by atoms with Crippen molar-refractivity contribution in [1.82, 2.24) is 20.4 Å². The van der Waals surface area contributed by atoms with E-state index in [1.807, 2.05) is 29.2 Å². The molecule has 0 unspecified atom stereocenters. The zero-order chi connectivity index (χ0) is 18.1. The highest BCUT2D eigenvalue weighted by atomic mass is 16.3. The maximum atomic E-state index is 12.9. The van der Waals surface area contributed by atoms with Crippen LogP contribution in [0.4, 0.5) is 0 Å². The zero-order valence-corrected chi connectivity index (χ0v) is 13.9. The standard InChI is InChI=1S/C17H16N4O2.CH2O2/c22-17(21-8-12-6-13(21)7-18-12)16-14-5-10(11-3-4-23-9-11)1-2-15(14)19-20-16;2-1-3/h1-5,9,12-13,18H,6-8H2,(H,19,20);1H,(H,2,3)/t12-,13-;/m0./s1. The summed E-state index contributed by atoms with van der Waals surface area (Å²) in [4.78, 5) is 23.2. The molecule has 1 amide bonds. The van der Waals surface area contributed by atoms with Crippen LogP contribution in [-0.2, 0) is 4.79 Å². The summed E-state index contributed by atoms with van der Waals surface area (Å²) in [5.74, 6) is 0.0228. The average molecular weight is 354 g/mol. The third kappa shape index (κ3) is 2.74. The van der Waals surface area contributed by atoms with E-state index >= 15 is 0 Å². The molecule has 0 aliphatic carbocycles. The Morgan fingerprint density at radius 2 is 2.19 bits per heavy atom. The van der Waals surface area contributed by atoms with Gasteiger partial charge in [0.2, 0.25) is 0 Å². The van der Waals surface area contributed by atoms with Gasteiger partial charge in [0.05, 0.1) is 18.0 Å². The lowest BCUT2D eigenvalue weighted by molar-refractivity contribution is -0.122. The molecule has 1 aromatic carbocycles. The number of benzene rings is 1. The molecule has 2 saturated heterocycles. The van der Waals surface area contributed by atoms with Crippen molar-refractivity contribution in [3.63, 3.8) is 0 Å². The molecule has 26 heavy (non-hydrogen) atoms. The Kier molecular flexibility index (Phi) is 4.18. The highest BCUT2D eigenvalue weighted by Gasteiger charge is 2.41. The molecule has 0 radical (unpaired) electrons. The van der Waals surface area contributed by atoms with Crippen molar-refractivity contribution in [2.75, 3.05) is 13.1 Å². The zero-order valence-electron chi connectivity index (χ0n) is 13.9. The van der Waals surface area contributed by atoms with E-state index in [1.165, 1.54) is 0 Å². The number of carbonyl (C=O) groups excluding carboxylic acids is 1. The maximum Gasteiger partial charge on any atom is 0.290 e. The predicted molar refractivity (Wildman–Crippen MR) is 93.7 cm³/mol. The van der Waals surface area contributed by atoms with Crippen molar-refractivity contribution in [1.29, 1.82) is 0 Å². The fourth-order valence-electron chi connectivity index (χ4n) is 3.73. The first kappa shape index (κ1) is 16.3. The molecule has 0 spiro atoms. The molecular formula is C18H18N4O4. The SMILES string of the molecule is O=C(c1n[nH]c2ccc(-c3ccoc3)cc12)N1C[C@@H]2C[C@H]1CN2.O=CO. The van der Waals surface area contributed by atoms with Gasteiger partial charge in [-0.25, -0.2) is 0 Å². The first-order valence-electron chi connectivity index (χ1n) is 8.34. The van der Waals surface area contributed by atoms with E-state index in [2.05, 4.69) is 15.5 Å². The second-order valence-electron chi connectivity index (χ2n) is 6.40. The van der Waals surface area contributed by atoms with E-state index in [1.54, 1.807) is 12.5 Å². The number of nitrogens with one attached hydrogen (secondary N) is 2. The molecular weight excluding hydrogens is 336 g/mol. The molecule has 3 aromatic rings. The quantitative estimate of drug-likeness (QED) is 0.604. The molecule has 2 bridgehead atoms. The van der Waals surface area contributed by atoms with Crippen LogP contribution in [0.25, 0.3) is 22.0 Å². The summed E-state index contributed by atoms with van der Waals surface area (Å²) in [6.45, 7) is 1.41. The number of piperazine rings is 1. The van der Waals surface area contributed by atoms with Crippen LogP contribution < -0.4 is 5.32 Å². The van der Waals surface area contributed by atoms with E-state index in [0.717, 1.165) is 41.5 Å². The number of hydrogen-bond acceptors (Lipinski definition) is 5. The number of rotatable bonds is 2. The van der Waals surface area contributed by atoms with Gasteiger partial charge in [-0.2, -0.15) is 5.10 Å². The first-order chi connectivity index (χ1) is 12.7. The minimum absolute atomic E-state index is 0.0228. The summed E-state index contributed by atoms with van der Waals surface area (Å²) < 4.78 is 5.15. The van der Waals surface area contributed by atoms with Gasteiger partial charge in [-0.05, 0) is 30.2 Å². The van der Waals surface area contributed by atoms with E-state index in [0.29, 0.717) is 17.8 Å². The number of furan rings is 1. The Bertz CT molecular complexity index is 934. The molecule has 5 rings (SSSR count). The van der Waals surface area contributed by atoms with E-state index in [9.17, 15) is 4.79 Å². The second kappa shape index (κ2) is 6.64. The molecule has 2 aliphatic rings. The van der Waals surface area contributed by atoms with Crippen LogP contribution in [-0.4, -0.2) is 57.8 Å². The number of aromatic amines is 1. The van der Waals surface area contributed by atoms with Gasteiger partial charge in [-0.15, -0.1) is 0 Å². The van der Waals surface area contributed by atoms with Crippen molar-refractivity contribution >= 4 is 23.3 Å². The number of H-pyrrole nitrogens is 1. The molecule has 2 aliphatic heterocycles. The average Bonchev–Trinajstić information content (AvgIpc) is 3.45. The molecule has 4 heterocycles. The topological polar surface area (TPSA) is 111 Å². The fourth-order valence-corrected chi connectivity index (χ4v) is 3.73. The highest BCUT2D eigenvalue weighted by molar-refractivity contribution is 6.06. The van der Waals surface area contributed by atoms with Gasteiger partial charge >= 0.3 is 0 Å². The Labute approximate surface area is 148 Å². The third-order valence-corrected chi connectivity index (χ3v) is 4.94. The summed E-state index contributed by atoms with van der Waals surface area (Å²) in [6.07, 6.45) is 4.40. The lowest BCUT2D eigenvalue weighted by Gasteiger charge is -2.26. The third-order valence-electron chi connectivity index (χ3n) is 4.94. The molecule has 134 valence electrons. The number of hydrogen-bond donors (Lipinski definition) is 3. The Morgan fingerprint density at radius 3 is 2.85 bits per heavy atom. The number of fused-ring (bicyclic) bond motifs is 3. The van der Waals surface area contributed by atoms with Crippen LogP contribution in [0.1, 0.15) is 16.9 Å². The van der Waals surface area contributed by atoms with Crippen LogP contribution in [0.2, 0.25) is 0 Å². The molecule has 0 saturated carbocycles. The van der Waals surface area contributed by atoms with Crippen molar-refractivity contribution in [2.45, 2.75) is 18.5 Å².